The molecule has 0 bridgehead atoms. The predicted octanol–water partition coefficient (Wildman–Crippen LogP) is -4.95. The molecular weight excluding hydrogens is 297 g/mol. The molecule has 0 unspecified atom stereocenters. The van der Waals surface area contributed by atoms with Gasteiger partial charge in [-0.25, -0.2) is 0 Å². The van der Waals surface area contributed by atoms with Gasteiger partial charge < -0.3 is 24.2 Å². The quantitative estimate of drug-likeness (QED) is 0.242. The molecule has 0 aromatic heterocycles. The standard InChI is InChI=1S/C12H20N2.2Na.H3O3P/c1-5-13(6-2)11-9-10-12-14(7-3)8-4;;;1-4(2)3/h5-8H,1-4,9-12H2;;;4H,(H2,1,2,3)/q;2*+1;/p-2. The third-order valence-corrected chi connectivity index (χ3v) is 2.02. The smallest absolute Gasteiger partial charge is 0.813 e. The van der Waals surface area contributed by atoms with E-state index in [4.69, 9.17) is 14.4 Å². The average Bonchev–Trinajstić information content (AvgIpc) is 2.33. The summed E-state index contributed by atoms with van der Waals surface area (Å²) >= 11 is 0. The zero-order chi connectivity index (χ0) is 14.4. The number of hydrogen-bond donors (Lipinski definition) is 0. The molecule has 0 heterocycles. The van der Waals surface area contributed by atoms with Gasteiger partial charge in [0.15, 0.2) is 0 Å². The van der Waals surface area contributed by atoms with Gasteiger partial charge >= 0.3 is 59.1 Å². The largest absolute Gasteiger partial charge is 1.00 e. The molecule has 20 heavy (non-hydrogen) atoms. The number of unbranched alkanes of at least 4 members (excludes halogenated alkanes) is 1. The Hall–Kier alpha value is 0.710. The zero-order valence-corrected chi connectivity index (χ0v) is 17.6. The Labute approximate surface area is 167 Å². The second kappa shape index (κ2) is 22.0. The van der Waals surface area contributed by atoms with E-state index in [1.807, 2.05) is 9.80 Å². The summed E-state index contributed by atoms with van der Waals surface area (Å²) in [6.45, 7) is 16.7. The minimum absolute atomic E-state index is 0. The van der Waals surface area contributed by atoms with Crippen LogP contribution in [0.15, 0.2) is 51.1 Å². The molecule has 0 aliphatic rings. The van der Waals surface area contributed by atoms with Gasteiger partial charge in [-0.1, -0.05) is 34.6 Å². The summed E-state index contributed by atoms with van der Waals surface area (Å²) in [5.41, 5.74) is 0. The van der Waals surface area contributed by atoms with Crippen LogP contribution in [-0.2, 0) is 4.57 Å². The van der Waals surface area contributed by atoms with Gasteiger partial charge in [-0.05, 0) is 37.6 Å². The predicted molar refractivity (Wildman–Crippen MR) is 72.4 cm³/mol. The molecule has 0 spiro atoms. The summed E-state index contributed by atoms with van der Waals surface area (Å²) < 4.78 is 8.52. The summed E-state index contributed by atoms with van der Waals surface area (Å²) in [6, 6.07) is 0. The molecule has 0 aromatic rings. The maximum absolute atomic E-state index is 8.52. The monoisotopic (exact) mass is 318 g/mol. The molecule has 0 aliphatic heterocycles. The molecule has 5 nitrogen and oxygen atoms in total. The normalized spacial score (nSPS) is 7.95. The molecule has 0 aliphatic carbocycles. The first kappa shape index (κ1) is 28.8. The van der Waals surface area contributed by atoms with Gasteiger partial charge in [0.1, 0.15) is 0 Å². The van der Waals surface area contributed by atoms with Crippen LogP contribution in [0.3, 0.4) is 0 Å². The van der Waals surface area contributed by atoms with Crippen LogP contribution in [0.1, 0.15) is 12.8 Å². The Morgan fingerprint density at radius 1 is 0.800 bits per heavy atom. The second-order valence-corrected chi connectivity index (χ2v) is 3.66. The van der Waals surface area contributed by atoms with Crippen molar-refractivity contribution in [3.8, 4) is 0 Å². The van der Waals surface area contributed by atoms with Crippen LogP contribution in [0.5, 0.6) is 0 Å². The molecule has 0 rings (SSSR count). The average molecular weight is 318 g/mol. The molecule has 8 heteroatoms. The van der Waals surface area contributed by atoms with Crippen molar-refractivity contribution in [1.29, 1.82) is 0 Å². The Kier molecular flexibility index (Phi) is 31.7. The fourth-order valence-corrected chi connectivity index (χ4v) is 1.10. The van der Waals surface area contributed by atoms with Gasteiger partial charge in [-0.15, -0.1) is 0 Å². The van der Waals surface area contributed by atoms with E-state index in [1.165, 1.54) is 0 Å². The number of hydrogen-bond acceptors (Lipinski definition) is 5. The summed E-state index contributed by atoms with van der Waals surface area (Å²) in [5, 5.41) is 0. The zero-order valence-electron chi connectivity index (χ0n) is 12.6. The van der Waals surface area contributed by atoms with Crippen molar-refractivity contribution in [2.75, 3.05) is 13.1 Å². The number of rotatable bonds is 9. The minimum Gasteiger partial charge on any atom is -0.813 e. The van der Waals surface area contributed by atoms with Crippen molar-refractivity contribution in [2.24, 2.45) is 0 Å². The van der Waals surface area contributed by atoms with Gasteiger partial charge in [0.2, 0.25) is 0 Å². The van der Waals surface area contributed by atoms with Gasteiger partial charge in [-0.2, -0.15) is 0 Å². The molecule has 0 atom stereocenters. The van der Waals surface area contributed by atoms with Crippen LogP contribution >= 0.6 is 8.25 Å². The van der Waals surface area contributed by atoms with Crippen molar-refractivity contribution in [3.63, 3.8) is 0 Å². The van der Waals surface area contributed by atoms with Crippen molar-refractivity contribution in [3.05, 3.63) is 51.1 Å². The van der Waals surface area contributed by atoms with E-state index in [1.54, 1.807) is 24.8 Å². The molecule has 0 radical (unpaired) electrons. The minimum atomic E-state index is -3.63. The molecule has 104 valence electrons. The molecule has 0 aromatic carbocycles. The third-order valence-electron chi connectivity index (χ3n) is 2.02. The maximum atomic E-state index is 8.52. The summed E-state index contributed by atoms with van der Waals surface area (Å²) in [6.07, 6.45) is 9.35. The van der Waals surface area contributed by atoms with E-state index < -0.39 is 8.25 Å². The maximum Gasteiger partial charge on any atom is 1.00 e. The first-order valence-corrected chi connectivity index (χ1v) is 6.64. The topological polar surface area (TPSA) is 69.7 Å². The fraction of sp³-hybridized carbons (Fsp3) is 0.333. The van der Waals surface area contributed by atoms with Crippen LogP contribution in [0.25, 0.3) is 0 Å². The first-order chi connectivity index (χ1) is 8.51. The molecule has 0 N–H and O–H groups in total. The molecule has 0 amide bonds. The third kappa shape index (κ3) is 23.8. The molecule has 0 saturated heterocycles. The van der Waals surface area contributed by atoms with E-state index >= 15 is 0 Å². The molecular formula is C12H21N2Na2O3P. The Balaban J connectivity index is -0.000000188. The van der Waals surface area contributed by atoms with E-state index in [-0.39, 0.29) is 59.1 Å². The summed E-state index contributed by atoms with van der Waals surface area (Å²) in [7, 11) is -3.63. The van der Waals surface area contributed by atoms with E-state index in [0.29, 0.717) is 0 Å². The molecule has 0 fully saturated rings. The van der Waals surface area contributed by atoms with Gasteiger partial charge in [-0.3, -0.25) is 0 Å². The van der Waals surface area contributed by atoms with E-state index in [0.717, 1.165) is 25.9 Å². The summed E-state index contributed by atoms with van der Waals surface area (Å²) in [4.78, 5) is 21.0. The van der Waals surface area contributed by atoms with Crippen molar-refractivity contribution >= 4 is 8.25 Å². The number of nitrogens with zero attached hydrogens (tertiary/aromatic N) is 2. The first-order valence-electron chi connectivity index (χ1n) is 5.41. The Bertz CT molecular complexity index is 250. The van der Waals surface area contributed by atoms with Crippen LogP contribution in [0.2, 0.25) is 0 Å². The molecule has 0 saturated carbocycles. The van der Waals surface area contributed by atoms with Gasteiger partial charge in [0.25, 0.3) is 0 Å². The Morgan fingerprint density at radius 2 is 1.00 bits per heavy atom. The van der Waals surface area contributed by atoms with Crippen LogP contribution in [0.4, 0.5) is 0 Å². The SMILES string of the molecule is C=CN(C=C)CCCCN(C=C)C=C.O=[PH]([O-])[O-].[Na+].[Na+]. The van der Waals surface area contributed by atoms with Crippen molar-refractivity contribution in [2.45, 2.75) is 12.8 Å². The fourth-order valence-electron chi connectivity index (χ4n) is 1.10. The Morgan fingerprint density at radius 3 is 1.15 bits per heavy atom. The van der Waals surface area contributed by atoms with Gasteiger partial charge in [0, 0.05) is 13.1 Å². The van der Waals surface area contributed by atoms with Gasteiger partial charge in [0.05, 0.1) is 0 Å². The summed E-state index contributed by atoms with van der Waals surface area (Å²) in [5.74, 6) is 0. The van der Waals surface area contributed by atoms with Crippen molar-refractivity contribution in [1.82, 2.24) is 9.80 Å². The van der Waals surface area contributed by atoms with Crippen LogP contribution in [-0.4, -0.2) is 22.9 Å². The van der Waals surface area contributed by atoms with E-state index in [9.17, 15) is 0 Å². The van der Waals surface area contributed by atoms with Crippen LogP contribution < -0.4 is 68.9 Å². The van der Waals surface area contributed by atoms with E-state index in [2.05, 4.69) is 26.3 Å². The second-order valence-electron chi connectivity index (χ2n) is 3.16. The van der Waals surface area contributed by atoms with Crippen molar-refractivity contribution < 1.29 is 73.5 Å². The van der Waals surface area contributed by atoms with Crippen LogP contribution in [0, 0.1) is 0 Å².